The quantitative estimate of drug-likeness (QED) is 0.766. The van der Waals surface area contributed by atoms with E-state index in [4.69, 9.17) is 0 Å². The van der Waals surface area contributed by atoms with Gasteiger partial charge in [0.15, 0.2) is 0 Å². The molecule has 2 rings (SSSR count). The highest BCUT2D eigenvalue weighted by Gasteiger charge is 2.22. The number of nitrogens with zero attached hydrogens (tertiary/aromatic N) is 4. The maximum absolute atomic E-state index is 12.3. The summed E-state index contributed by atoms with van der Waals surface area (Å²) in [5.41, 5.74) is 1.18. The minimum atomic E-state index is 0.117. The molecule has 1 saturated heterocycles. The van der Waals surface area contributed by atoms with Crippen molar-refractivity contribution in [2.24, 2.45) is 0 Å². The van der Waals surface area contributed by atoms with Gasteiger partial charge in [0.25, 0.3) is 0 Å². The zero-order valence-electron chi connectivity index (χ0n) is 12.5. The van der Waals surface area contributed by atoms with Crippen LogP contribution < -0.4 is 0 Å². The third-order valence-corrected chi connectivity index (χ3v) is 3.67. The fourth-order valence-electron chi connectivity index (χ4n) is 2.55. The molecule has 1 aliphatic heterocycles. The minimum absolute atomic E-state index is 0.117. The van der Waals surface area contributed by atoms with Crippen LogP contribution in [0, 0.1) is 0 Å². The van der Waals surface area contributed by atoms with E-state index in [0.29, 0.717) is 6.42 Å². The summed E-state index contributed by atoms with van der Waals surface area (Å²) in [7, 11) is 0. The Bertz CT molecular complexity index is 446. The lowest BCUT2D eigenvalue weighted by Crippen LogP contribution is -2.49. The van der Waals surface area contributed by atoms with Gasteiger partial charge >= 0.3 is 0 Å². The van der Waals surface area contributed by atoms with Crippen molar-refractivity contribution in [2.45, 2.75) is 26.3 Å². The first kappa shape index (κ1) is 14.8. The van der Waals surface area contributed by atoms with E-state index in [9.17, 15) is 4.79 Å². The summed E-state index contributed by atoms with van der Waals surface area (Å²) in [6.45, 7) is 12.5. The van der Waals surface area contributed by atoms with E-state index < -0.39 is 0 Å². The summed E-state index contributed by atoms with van der Waals surface area (Å²) >= 11 is 0. The lowest BCUT2D eigenvalue weighted by molar-refractivity contribution is -0.133. The fraction of sp³-hybridized carbons (Fsp3) is 0.600. The molecule has 110 valence electrons. The normalized spacial score (nSPS) is 18.0. The van der Waals surface area contributed by atoms with Crippen LogP contribution in [0.4, 0.5) is 0 Å². The van der Waals surface area contributed by atoms with Crippen molar-refractivity contribution in [1.82, 2.24) is 19.6 Å². The molecule has 5 nitrogen and oxygen atoms in total. The number of carbonyl (C=O) groups excluding carboxylic acids is 1. The predicted octanol–water partition coefficient (Wildman–Crippen LogP) is 1.55. The lowest BCUT2D eigenvalue weighted by Gasteiger charge is -2.35. The molecule has 20 heavy (non-hydrogen) atoms. The van der Waals surface area contributed by atoms with E-state index in [2.05, 4.69) is 16.6 Å². The highest BCUT2D eigenvalue weighted by molar-refractivity contribution is 5.76. The molecule has 0 N–H and O–H groups in total. The Morgan fingerprint density at radius 1 is 1.35 bits per heavy atom. The number of hydrogen-bond donors (Lipinski definition) is 0. The number of aromatic nitrogens is 2. The van der Waals surface area contributed by atoms with Gasteiger partial charge in [0.2, 0.25) is 5.91 Å². The fourth-order valence-corrected chi connectivity index (χ4v) is 2.55. The van der Waals surface area contributed by atoms with Gasteiger partial charge in [-0.15, -0.1) is 0 Å². The largest absolute Gasteiger partial charge is 0.340 e. The summed E-state index contributed by atoms with van der Waals surface area (Å²) in [6, 6.07) is 2.00. The van der Waals surface area contributed by atoms with E-state index in [1.807, 2.05) is 35.7 Å². The molecule has 0 saturated carbocycles. The maximum atomic E-state index is 12.3. The zero-order valence-corrected chi connectivity index (χ0v) is 12.5. The van der Waals surface area contributed by atoms with Gasteiger partial charge in [-0.2, -0.15) is 5.10 Å². The third-order valence-electron chi connectivity index (χ3n) is 3.67. The van der Waals surface area contributed by atoms with Gasteiger partial charge < -0.3 is 4.90 Å². The summed E-state index contributed by atoms with van der Waals surface area (Å²) in [5, 5.41) is 4.19. The van der Waals surface area contributed by atoms with Gasteiger partial charge in [0, 0.05) is 51.5 Å². The molecule has 0 aromatic carbocycles. The summed E-state index contributed by atoms with van der Waals surface area (Å²) in [5.74, 6) is 0.225. The Hall–Kier alpha value is -1.62. The van der Waals surface area contributed by atoms with Crippen LogP contribution in [0.3, 0.4) is 0 Å². The highest BCUT2D eigenvalue weighted by Crippen LogP contribution is 2.13. The Morgan fingerprint density at radius 2 is 2.05 bits per heavy atom. The average molecular weight is 276 g/mol. The van der Waals surface area contributed by atoms with Crippen LogP contribution in [-0.4, -0.2) is 58.2 Å². The third kappa shape index (κ3) is 3.93. The summed E-state index contributed by atoms with van der Waals surface area (Å²) in [4.78, 5) is 16.6. The molecule has 1 amide bonds. The molecule has 1 aromatic rings. The molecule has 1 fully saturated rings. The molecular formula is C15H24N4O. The molecule has 0 aliphatic carbocycles. The molecular weight excluding hydrogens is 252 g/mol. The van der Waals surface area contributed by atoms with E-state index in [1.165, 1.54) is 5.57 Å². The molecule has 1 aromatic heterocycles. The molecule has 2 heterocycles. The van der Waals surface area contributed by atoms with Crippen LogP contribution in [-0.2, 0) is 4.79 Å². The van der Waals surface area contributed by atoms with Gasteiger partial charge in [0.1, 0.15) is 0 Å². The van der Waals surface area contributed by atoms with Crippen LogP contribution in [0.1, 0.15) is 26.3 Å². The van der Waals surface area contributed by atoms with Crippen molar-refractivity contribution in [2.75, 3.05) is 32.7 Å². The number of amides is 1. The van der Waals surface area contributed by atoms with Crippen LogP contribution in [0.2, 0.25) is 0 Å². The van der Waals surface area contributed by atoms with Crippen LogP contribution >= 0.6 is 0 Å². The topological polar surface area (TPSA) is 41.4 Å². The number of hydrogen-bond acceptors (Lipinski definition) is 3. The summed E-state index contributed by atoms with van der Waals surface area (Å²) in [6.07, 6.45) is 4.17. The van der Waals surface area contributed by atoms with Crippen molar-refractivity contribution in [3.8, 4) is 0 Å². The Kier molecular flexibility index (Phi) is 4.95. The standard InChI is InChI=1S/C15H24N4O/c1-13(2)12-17-7-9-18(10-8-17)15(20)11-14(3)19-6-4-5-16-19/h4-6,14H,1,7-12H2,2-3H3/t14-/m1/s1. The molecule has 5 heteroatoms. The first-order valence-electron chi connectivity index (χ1n) is 7.20. The lowest BCUT2D eigenvalue weighted by atomic mass is 10.2. The minimum Gasteiger partial charge on any atom is -0.340 e. The number of piperazine rings is 1. The Balaban J connectivity index is 1.78. The van der Waals surface area contributed by atoms with E-state index in [-0.39, 0.29) is 11.9 Å². The molecule has 0 unspecified atom stereocenters. The molecule has 1 atom stereocenters. The van der Waals surface area contributed by atoms with Gasteiger partial charge in [-0.3, -0.25) is 14.4 Å². The second kappa shape index (κ2) is 6.70. The SMILES string of the molecule is C=C(C)CN1CCN(C(=O)C[C@@H](C)n2cccn2)CC1. The van der Waals surface area contributed by atoms with Gasteiger partial charge in [0.05, 0.1) is 6.04 Å². The average Bonchev–Trinajstić information content (AvgIpc) is 2.92. The monoisotopic (exact) mass is 276 g/mol. The second-order valence-electron chi connectivity index (χ2n) is 5.65. The van der Waals surface area contributed by atoms with E-state index in [0.717, 1.165) is 32.7 Å². The maximum Gasteiger partial charge on any atom is 0.224 e. The highest BCUT2D eigenvalue weighted by atomic mass is 16.2. The van der Waals surface area contributed by atoms with Crippen molar-refractivity contribution in [3.63, 3.8) is 0 Å². The van der Waals surface area contributed by atoms with E-state index in [1.54, 1.807) is 6.20 Å². The van der Waals surface area contributed by atoms with Crippen molar-refractivity contribution in [1.29, 1.82) is 0 Å². The first-order valence-corrected chi connectivity index (χ1v) is 7.20. The molecule has 0 radical (unpaired) electrons. The molecule has 1 aliphatic rings. The van der Waals surface area contributed by atoms with Crippen LogP contribution in [0.5, 0.6) is 0 Å². The molecule has 0 bridgehead atoms. The van der Waals surface area contributed by atoms with Crippen molar-refractivity contribution in [3.05, 3.63) is 30.6 Å². The van der Waals surface area contributed by atoms with Crippen LogP contribution in [0.15, 0.2) is 30.6 Å². The Labute approximate surface area is 120 Å². The first-order chi connectivity index (χ1) is 9.56. The van der Waals surface area contributed by atoms with Gasteiger partial charge in [-0.1, -0.05) is 12.2 Å². The molecule has 0 spiro atoms. The van der Waals surface area contributed by atoms with Crippen LogP contribution in [0.25, 0.3) is 0 Å². The number of carbonyl (C=O) groups is 1. The van der Waals surface area contributed by atoms with Gasteiger partial charge in [-0.05, 0) is 19.9 Å². The number of rotatable bonds is 5. The summed E-state index contributed by atoms with van der Waals surface area (Å²) < 4.78 is 1.84. The Morgan fingerprint density at radius 3 is 2.60 bits per heavy atom. The smallest absolute Gasteiger partial charge is 0.224 e. The second-order valence-corrected chi connectivity index (χ2v) is 5.65. The van der Waals surface area contributed by atoms with Crippen molar-refractivity contribution >= 4 is 5.91 Å². The van der Waals surface area contributed by atoms with Crippen molar-refractivity contribution < 1.29 is 4.79 Å². The van der Waals surface area contributed by atoms with Gasteiger partial charge in [-0.25, -0.2) is 0 Å². The zero-order chi connectivity index (χ0) is 14.5. The predicted molar refractivity (Wildman–Crippen MR) is 79.4 cm³/mol. The van der Waals surface area contributed by atoms with E-state index >= 15 is 0 Å².